The van der Waals surface area contributed by atoms with Crippen molar-refractivity contribution >= 4 is 11.9 Å². The van der Waals surface area contributed by atoms with Crippen LogP contribution < -0.4 is 12.4 Å². The molecule has 3 rings (SSSR count). The van der Waals surface area contributed by atoms with Crippen LogP contribution in [0.2, 0.25) is 0 Å². The van der Waals surface area contributed by atoms with Gasteiger partial charge in [0.25, 0.3) is 0 Å². The van der Waals surface area contributed by atoms with Crippen LogP contribution in [0, 0.1) is 12.3 Å². The molecule has 0 fully saturated rings. The summed E-state index contributed by atoms with van der Waals surface area (Å²) >= 11 is 0. The molecule has 144 valence electrons. The number of carbonyl (C=O) groups is 2. The molecular formula is C20H27ClO4Ti-2. The van der Waals surface area contributed by atoms with Gasteiger partial charge < -0.3 is 22.6 Å². The zero-order valence-corrected chi connectivity index (χ0v) is 17.6. The van der Waals surface area contributed by atoms with Gasteiger partial charge in [-0.1, -0.05) is 44.9 Å². The Morgan fingerprint density at radius 3 is 1.96 bits per heavy atom. The second kappa shape index (κ2) is 13.9. The van der Waals surface area contributed by atoms with Crippen LogP contribution in [0.1, 0.15) is 51.9 Å². The summed E-state index contributed by atoms with van der Waals surface area (Å²) in [6.07, 6.45) is 13.9. The largest absolute Gasteiger partial charge is 1.00 e. The van der Waals surface area contributed by atoms with Crippen molar-refractivity contribution in [3.8, 4) is 0 Å². The van der Waals surface area contributed by atoms with Crippen molar-refractivity contribution in [1.29, 1.82) is 0 Å². The minimum Gasteiger partial charge on any atom is -1.00 e. The van der Waals surface area contributed by atoms with E-state index in [1.165, 1.54) is 44.9 Å². The third kappa shape index (κ3) is 7.98. The monoisotopic (exact) mass is 414 g/mol. The molecule has 0 aromatic heterocycles. The topological polar surface area (TPSA) is 74.6 Å². The molecule has 0 radical (unpaired) electrons. The van der Waals surface area contributed by atoms with Gasteiger partial charge in [0.1, 0.15) is 0 Å². The van der Waals surface area contributed by atoms with Crippen LogP contribution >= 0.6 is 0 Å². The summed E-state index contributed by atoms with van der Waals surface area (Å²) < 4.78 is 0. The smallest absolute Gasteiger partial charge is 0.327 e. The van der Waals surface area contributed by atoms with E-state index in [9.17, 15) is 9.59 Å². The number of allylic oxidation sites excluding steroid dienone is 4. The van der Waals surface area contributed by atoms with E-state index >= 15 is 0 Å². The Morgan fingerprint density at radius 2 is 1.46 bits per heavy atom. The van der Waals surface area contributed by atoms with E-state index in [1.54, 1.807) is 22.3 Å². The van der Waals surface area contributed by atoms with Gasteiger partial charge in [-0.05, 0) is 25.2 Å². The van der Waals surface area contributed by atoms with Crippen molar-refractivity contribution in [3.63, 3.8) is 0 Å². The number of rotatable bonds is 2. The molecule has 0 heterocycles. The number of hydrogen-bond acceptors (Lipinski definition) is 2. The van der Waals surface area contributed by atoms with Crippen molar-refractivity contribution in [3.05, 3.63) is 54.0 Å². The van der Waals surface area contributed by atoms with E-state index in [-0.39, 0.29) is 34.1 Å². The van der Waals surface area contributed by atoms with E-state index in [2.05, 4.69) is 26.5 Å². The molecule has 0 amide bonds. The fraction of sp³-hybridized carbons (Fsp3) is 0.450. The number of hydrogen-bond donors (Lipinski definition) is 2. The molecule has 0 bridgehead atoms. The Balaban J connectivity index is 0. The van der Waals surface area contributed by atoms with Crippen LogP contribution in [0.3, 0.4) is 0 Å². The predicted molar refractivity (Wildman–Crippen MR) is 95.5 cm³/mol. The second-order valence-corrected chi connectivity index (χ2v) is 6.05. The first-order valence-corrected chi connectivity index (χ1v) is 8.41. The van der Waals surface area contributed by atoms with Crippen molar-refractivity contribution in [2.45, 2.75) is 51.9 Å². The average Bonchev–Trinajstić information content (AvgIpc) is 2.89. The summed E-state index contributed by atoms with van der Waals surface area (Å²) in [6, 6.07) is 0. The minimum atomic E-state index is -0.981. The van der Waals surface area contributed by atoms with E-state index in [4.69, 9.17) is 10.2 Å². The first-order valence-electron chi connectivity index (χ1n) is 8.41. The molecule has 6 heteroatoms. The number of carboxylic acids is 2. The van der Waals surface area contributed by atoms with Crippen molar-refractivity contribution in [2.24, 2.45) is 5.92 Å². The summed E-state index contributed by atoms with van der Waals surface area (Å²) in [7, 11) is 0. The molecule has 4 nitrogen and oxygen atoms in total. The van der Waals surface area contributed by atoms with Gasteiger partial charge in [0.15, 0.2) is 0 Å². The maximum Gasteiger partial charge on any atom is 0.327 e. The zero-order chi connectivity index (χ0) is 18.1. The van der Waals surface area contributed by atoms with Gasteiger partial charge in [0, 0.05) is 33.9 Å². The Bertz CT molecular complexity index is 528. The van der Waals surface area contributed by atoms with Crippen molar-refractivity contribution < 1.29 is 53.9 Å². The SMILES string of the molecule is C=CC(=O)O.C=CC(=O)O.CC1C2=C(CCC[CH-]2)C2=C1CCCC2.[Cl-].[Ti]. The molecular weight excluding hydrogens is 388 g/mol. The fourth-order valence-corrected chi connectivity index (χ4v) is 3.51. The van der Waals surface area contributed by atoms with Gasteiger partial charge in [0.2, 0.25) is 0 Å². The normalized spacial score (nSPS) is 19.3. The fourth-order valence-electron chi connectivity index (χ4n) is 3.51. The quantitative estimate of drug-likeness (QED) is 0.410. The maximum absolute atomic E-state index is 9.25. The molecule has 26 heavy (non-hydrogen) atoms. The molecule has 0 saturated carbocycles. The Morgan fingerprint density at radius 1 is 1.00 bits per heavy atom. The van der Waals surface area contributed by atoms with Crippen LogP contribution in [0.15, 0.2) is 47.6 Å². The zero-order valence-electron chi connectivity index (χ0n) is 15.3. The van der Waals surface area contributed by atoms with Crippen molar-refractivity contribution in [1.82, 2.24) is 0 Å². The number of carboxylic acid groups (broad SMARTS) is 2. The molecule has 1 unspecified atom stereocenters. The van der Waals surface area contributed by atoms with Gasteiger partial charge >= 0.3 is 11.9 Å². The van der Waals surface area contributed by atoms with Crippen LogP contribution in [-0.2, 0) is 31.3 Å². The maximum atomic E-state index is 9.25. The standard InChI is InChI=1S/C14H19.2C3H4O2.ClH.Ti/c1-10-11-6-2-4-8-13(11)14-9-5-3-7-12(10)14;2*1-2-3(4)5;;/h6,10H,2-5,7-9H2,1H3;2*2H,1H2,(H,4,5);1H;/q-1;;;;/p-1. The van der Waals surface area contributed by atoms with Gasteiger partial charge in [-0.15, -0.1) is 12.0 Å². The Hall–Kier alpha value is -1.23. The molecule has 0 aromatic rings. The van der Waals surface area contributed by atoms with Crippen LogP contribution in [0.5, 0.6) is 0 Å². The Labute approximate surface area is 177 Å². The summed E-state index contributed by atoms with van der Waals surface area (Å²) in [4.78, 5) is 18.5. The third-order valence-corrected chi connectivity index (χ3v) is 4.56. The molecule has 2 N–H and O–H groups in total. The number of aliphatic carboxylic acids is 2. The van der Waals surface area contributed by atoms with E-state index in [0.29, 0.717) is 0 Å². The first-order chi connectivity index (χ1) is 11.4. The van der Waals surface area contributed by atoms with Gasteiger partial charge in [-0.3, -0.25) is 0 Å². The molecule has 1 atom stereocenters. The molecule has 3 aliphatic carbocycles. The van der Waals surface area contributed by atoms with Crippen LogP contribution in [-0.4, -0.2) is 22.2 Å². The number of fused-ring (bicyclic) bond motifs is 1. The average molecular weight is 415 g/mol. The summed E-state index contributed by atoms with van der Waals surface area (Å²) in [5, 5.41) is 15.2. The van der Waals surface area contributed by atoms with E-state index < -0.39 is 11.9 Å². The molecule has 0 aliphatic heterocycles. The van der Waals surface area contributed by atoms with E-state index in [1.807, 2.05) is 0 Å². The van der Waals surface area contributed by atoms with Gasteiger partial charge in [-0.2, -0.15) is 5.57 Å². The van der Waals surface area contributed by atoms with E-state index in [0.717, 1.165) is 18.1 Å². The predicted octanol–water partition coefficient (Wildman–Crippen LogP) is 1.71. The summed E-state index contributed by atoms with van der Waals surface area (Å²) in [6.45, 7) is 8.34. The molecule has 0 spiro atoms. The Kier molecular flexibility index (Phi) is 14.4. The summed E-state index contributed by atoms with van der Waals surface area (Å²) in [5.74, 6) is -1.18. The summed E-state index contributed by atoms with van der Waals surface area (Å²) in [5.41, 5.74) is 7.07. The van der Waals surface area contributed by atoms with Crippen LogP contribution in [0.4, 0.5) is 0 Å². The second-order valence-electron chi connectivity index (χ2n) is 6.05. The van der Waals surface area contributed by atoms with Gasteiger partial charge in [-0.25, -0.2) is 21.6 Å². The van der Waals surface area contributed by atoms with Gasteiger partial charge in [0.05, 0.1) is 0 Å². The number of halogens is 1. The third-order valence-electron chi connectivity index (χ3n) is 4.56. The minimum absolute atomic E-state index is 0. The molecule has 0 aromatic carbocycles. The molecule has 3 aliphatic rings. The molecule has 0 saturated heterocycles. The van der Waals surface area contributed by atoms with Crippen LogP contribution in [0.25, 0.3) is 0 Å². The van der Waals surface area contributed by atoms with Crippen molar-refractivity contribution in [2.75, 3.05) is 0 Å². The first kappa shape index (κ1) is 27.0.